The van der Waals surface area contributed by atoms with Crippen molar-refractivity contribution in [2.75, 3.05) is 6.61 Å². The lowest BCUT2D eigenvalue weighted by atomic mass is 10.1. The van der Waals surface area contributed by atoms with Crippen molar-refractivity contribution >= 4 is 0 Å². The molecule has 0 N–H and O–H groups in total. The molecule has 1 aromatic heterocycles. The molecule has 4 nitrogen and oxygen atoms in total. The van der Waals surface area contributed by atoms with Crippen LogP contribution in [0, 0.1) is 25.2 Å². The summed E-state index contributed by atoms with van der Waals surface area (Å²) in [4.78, 5) is 0. The summed E-state index contributed by atoms with van der Waals surface area (Å²) in [6.45, 7) is 7.81. The minimum absolute atomic E-state index is 0.620. The maximum Gasteiger partial charge on any atom is 0.120 e. The number of ether oxygens (including phenoxy) is 1. The summed E-state index contributed by atoms with van der Waals surface area (Å²) in [5.41, 5.74) is 4.34. The SMILES string of the molecule is CCc1c(C)nn(CCCOc2cccc(C#N)c2)c1C. The topological polar surface area (TPSA) is 50.8 Å². The first-order valence-corrected chi connectivity index (χ1v) is 7.31. The highest BCUT2D eigenvalue weighted by Gasteiger charge is 2.09. The molecule has 0 atom stereocenters. The average Bonchev–Trinajstić information content (AvgIpc) is 2.77. The van der Waals surface area contributed by atoms with Crippen molar-refractivity contribution in [3.8, 4) is 11.8 Å². The van der Waals surface area contributed by atoms with E-state index in [2.05, 4.69) is 36.6 Å². The Kier molecular flexibility index (Phi) is 4.99. The number of hydrogen-bond acceptors (Lipinski definition) is 3. The molecule has 0 amide bonds. The fourth-order valence-corrected chi connectivity index (χ4v) is 2.52. The molecule has 0 fully saturated rings. The number of benzene rings is 1. The van der Waals surface area contributed by atoms with E-state index in [0.29, 0.717) is 12.2 Å². The van der Waals surface area contributed by atoms with Gasteiger partial charge in [-0.05, 0) is 44.0 Å². The molecule has 2 aromatic rings. The Labute approximate surface area is 126 Å². The zero-order valence-corrected chi connectivity index (χ0v) is 12.9. The first kappa shape index (κ1) is 15.1. The number of nitriles is 1. The third-order valence-corrected chi connectivity index (χ3v) is 3.63. The molecular weight excluding hydrogens is 262 g/mol. The summed E-state index contributed by atoms with van der Waals surface area (Å²) in [6.07, 6.45) is 1.91. The lowest BCUT2D eigenvalue weighted by Gasteiger charge is -2.08. The molecule has 0 saturated heterocycles. The Hall–Kier alpha value is -2.28. The van der Waals surface area contributed by atoms with Crippen LogP contribution in [-0.2, 0) is 13.0 Å². The second-order valence-corrected chi connectivity index (χ2v) is 5.07. The fraction of sp³-hybridized carbons (Fsp3) is 0.412. The minimum atomic E-state index is 0.620. The van der Waals surface area contributed by atoms with Crippen molar-refractivity contribution in [2.45, 2.75) is 40.2 Å². The molecule has 0 saturated carbocycles. The summed E-state index contributed by atoms with van der Waals surface area (Å²) in [5.74, 6) is 0.747. The first-order valence-electron chi connectivity index (χ1n) is 7.31. The van der Waals surface area contributed by atoms with Crippen LogP contribution in [0.25, 0.3) is 0 Å². The number of rotatable bonds is 6. The van der Waals surface area contributed by atoms with Gasteiger partial charge < -0.3 is 4.74 Å². The standard InChI is InChI=1S/C17H21N3O/c1-4-17-13(2)19-20(14(17)3)9-6-10-21-16-8-5-7-15(11-16)12-18/h5,7-8,11H,4,6,9-10H2,1-3H3. The molecule has 0 unspecified atom stereocenters. The van der Waals surface area contributed by atoms with Crippen molar-refractivity contribution in [2.24, 2.45) is 0 Å². The van der Waals surface area contributed by atoms with Crippen LogP contribution in [-0.4, -0.2) is 16.4 Å². The highest BCUT2D eigenvalue weighted by atomic mass is 16.5. The van der Waals surface area contributed by atoms with Crippen LogP contribution in [0.4, 0.5) is 0 Å². The lowest BCUT2D eigenvalue weighted by Crippen LogP contribution is -2.07. The van der Waals surface area contributed by atoms with Crippen LogP contribution in [0.15, 0.2) is 24.3 Å². The van der Waals surface area contributed by atoms with Gasteiger partial charge in [0.15, 0.2) is 0 Å². The van der Waals surface area contributed by atoms with E-state index < -0.39 is 0 Å². The smallest absolute Gasteiger partial charge is 0.120 e. The molecule has 0 radical (unpaired) electrons. The summed E-state index contributed by atoms with van der Waals surface area (Å²) in [5, 5.41) is 13.4. The first-order chi connectivity index (χ1) is 10.2. The molecule has 110 valence electrons. The highest BCUT2D eigenvalue weighted by Crippen LogP contribution is 2.15. The van der Waals surface area contributed by atoms with E-state index in [1.807, 2.05) is 12.1 Å². The second-order valence-electron chi connectivity index (χ2n) is 5.07. The Bertz CT molecular complexity index is 653. The van der Waals surface area contributed by atoms with Crippen molar-refractivity contribution < 1.29 is 4.74 Å². The van der Waals surface area contributed by atoms with Gasteiger partial charge in [0.05, 0.1) is 23.9 Å². The number of hydrogen-bond donors (Lipinski definition) is 0. The molecule has 2 rings (SSSR count). The van der Waals surface area contributed by atoms with Crippen molar-refractivity contribution in [3.63, 3.8) is 0 Å². The van der Waals surface area contributed by atoms with Crippen molar-refractivity contribution in [1.29, 1.82) is 5.26 Å². The average molecular weight is 283 g/mol. The van der Waals surface area contributed by atoms with E-state index in [4.69, 9.17) is 10.00 Å². The summed E-state index contributed by atoms with van der Waals surface area (Å²) >= 11 is 0. The molecule has 0 aliphatic carbocycles. The Morgan fingerprint density at radius 1 is 1.33 bits per heavy atom. The minimum Gasteiger partial charge on any atom is -0.493 e. The third-order valence-electron chi connectivity index (χ3n) is 3.63. The molecule has 21 heavy (non-hydrogen) atoms. The van der Waals surface area contributed by atoms with Gasteiger partial charge in [-0.25, -0.2) is 0 Å². The second kappa shape index (κ2) is 6.94. The molecule has 4 heteroatoms. The Morgan fingerprint density at radius 3 is 2.81 bits per heavy atom. The van der Waals surface area contributed by atoms with E-state index in [-0.39, 0.29) is 0 Å². The van der Waals surface area contributed by atoms with E-state index in [0.717, 1.165) is 30.8 Å². The maximum atomic E-state index is 8.85. The van der Waals surface area contributed by atoms with E-state index in [1.54, 1.807) is 12.1 Å². The number of nitrogens with zero attached hydrogens (tertiary/aromatic N) is 3. The van der Waals surface area contributed by atoms with Gasteiger partial charge in [0.2, 0.25) is 0 Å². The van der Waals surface area contributed by atoms with Gasteiger partial charge in [0.1, 0.15) is 5.75 Å². The van der Waals surface area contributed by atoms with Crippen LogP contribution in [0.2, 0.25) is 0 Å². The van der Waals surface area contributed by atoms with E-state index >= 15 is 0 Å². The molecule has 0 aliphatic heterocycles. The third kappa shape index (κ3) is 3.63. The molecule has 0 aliphatic rings. The highest BCUT2D eigenvalue weighted by molar-refractivity contribution is 5.36. The molecule has 0 bridgehead atoms. The number of aromatic nitrogens is 2. The van der Waals surface area contributed by atoms with Gasteiger partial charge in [-0.2, -0.15) is 10.4 Å². The van der Waals surface area contributed by atoms with Crippen LogP contribution < -0.4 is 4.74 Å². The molecule has 0 spiro atoms. The largest absolute Gasteiger partial charge is 0.493 e. The number of aryl methyl sites for hydroxylation is 2. The summed E-state index contributed by atoms with van der Waals surface area (Å²) in [6, 6.07) is 9.36. The quantitative estimate of drug-likeness (QED) is 0.763. The summed E-state index contributed by atoms with van der Waals surface area (Å²) in [7, 11) is 0. The van der Waals surface area contributed by atoms with Crippen LogP contribution in [0.5, 0.6) is 5.75 Å². The van der Waals surface area contributed by atoms with Gasteiger partial charge in [0.25, 0.3) is 0 Å². The maximum absolute atomic E-state index is 8.85. The molecule has 1 aromatic carbocycles. The zero-order chi connectivity index (χ0) is 15.2. The fourth-order valence-electron chi connectivity index (χ4n) is 2.52. The van der Waals surface area contributed by atoms with Crippen LogP contribution in [0.1, 0.15) is 35.9 Å². The van der Waals surface area contributed by atoms with Gasteiger partial charge in [-0.1, -0.05) is 13.0 Å². The predicted molar refractivity (Wildman–Crippen MR) is 82.3 cm³/mol. The van der Waals surface area contributed by atoms with Crippen LogP contribution >= 0.6 is 0 Å². The molecule has 1 heterocycles. The zero-order valence-electron chi connectivity index (χ0n) is 12.9. The van der Waals surface area contributed by atoms with Gasteiger partial charge in [-0.15, -0.1) is 0 Å². The predicted octanol–water partition coefficient (Wildman–Crippen LogP) is 3.40. The lowest BCUT2D eigenvalue weighted by molar-refractivity contribution is 0.298. The van der Waals surface area contributed by atoms with Crippen LogP contribution in [0.3, 0.4) is 0 Å². The van der Waals surface area contributed by atoms with E-state index in [9.17, 15) is 0 Å². The Morgan fingerprint density at radius 2 is 2.14 bits per heavy atom. The van der Waals surface area contributed by atoms with Gasteiger partial charge in [0, 0.05) is 18.7 Å². The van der Waals surface area contributed by atoms with Crippen molar-refractivity contribution in [1.82, 2.24) is 9.78 Å². The van der Waals surface area contributed by atoms with Gasteiger partial charge >= 0.3 is 0 Å². The normalized spacial score (nSPS) is 10.4. The molecular formula is C17H21N3O. The summed E-state index contributed by atoms with van der Waals surface area (Å²) < 4.78 is 7.74. The van der Waals surface area contributed by atoms with Gasteiger partial charge in [-0.3, -0.25) is 4.68 Å². The monoisotopic (exact) mass is 283 g/mol. The Balaban J connectivity index is 1.86. The van der Waals surface area contributed by atoms with E-state index in [1.165, 1.54) is 11.3 Å². The van der Waals surface area contributed by atoms with Crippen molar-refractivity contribution in [3.05, 3.63) is 46.8 Å².